The maximum Gasteiger partial charge on any atom is 0.185 e. The molecule has 2 aliphatic carbocycles. The highest BCUT2D eigenvalue weighted by atomic mass is 32.1. The maximum atomic E-state index is 5.04. The molecule has 1 aromatic rings. The van der Waals surface area contributed by atoms with Crippen molar-refractivity contribution in [3.8, 4) is 0 Å². The van der Waals surface area contributed by atoms with Gasteiger partial charge < -0.3 is 4.90 Å². The fraction of sp³-hybridized carbons (Fsp3) is 0.842. The van der Waals surface area contributed by atoms with Crippen molar-refractivity contribution in [1.29, 1.82) is 0 Å². The van der Waals surface area contributed by atoms with Crippen molar-refractivity contribution in [2.45, 2.75) is 57.9 Å². The Hall–Kier alpha value is -0.610. The molecule has 2 atom stereocenters. The van der Waals surface area contributed by atoms with Gasteiger partial charge in [-0.2, -0.15) is 0 Å². The minimum absolute atomic E-state index is 1.00. The van der Waals surface area contributed by atoms with Gasteiger partial charge in [-0.25, -0.2) is 4.98 Å². The van der Waals surface area contributed by atoms with E-state index in [2.05, 4.69) is 9.80 Å². The highest BCUT2D eigenvalue weighted by Crippen LogP contribution is 2.47. The van der Waals surface area contributed by atoms with Crippen LogP contribution in [0.1, 0.15) is 55.5 Å². The number of thiazole rings is 1. The first-order chi connectivity index (χ1) is 11.3. The van der Waals surface area contributed by atoms with Crippen LogP contribution in [0.3, 0.4) is 0 Å². The number of fused-ring (bicyclic) bond motifs is 2. The van der Waals surface area contributed by atoms with E-state index < -0.39 is 0 Å². The second kappa shape index (κ2) is 6.03. The molecule has 0 aromatic carbocycles. The predicted octanol–water partition coefficient (Wildman–Crippen LogP) is 3.93. The van der Waals surface area contributed by atoms with Crippen LogP contribution in [0, 0.1) is 17.8 Å². The Balaban J connectivity index is 1.18. The van der Waals surface area contributed by atoms with Crippen molar-refractivity contribution in [1.82, 2.24) is 9.88 Å². The average Bonchev–Trinajstić information content (AvgIpc) is 3.02. The molecule has 5 rings (SSSR count). The third-order valence-electron chi connectivity index (χ3n) is 6.62. The Bertz CT molecular complexity index is 553. The zero-order valence-corrected chi connectivity index (χ0v) is 15.0. The van der Waals surface area contributed by atoms with Crippen LogP contribution in [-0.4, -0.2) is 36.1 Å². The van der Waals surface area contributed by atoms with E-state index in [-0.39, 0.29) is 0 Å². The van der Waals surface area contributed by atoms with Crippen molar-refractivity contribution in [3.63, 3.8) is 0 Å². The van der Waals surface area contributed by atoms with Crippen molar-refractivity contribution >= 4 is 16.5 Å². The summed E-state index contributed by atoms with van der Waals surface area (Å²) >= 11 is 1.99. The van der Waals surface area contributed by atoms with E-state index in [4.69, 9.17) is 4.98 Å². The second-order valence-corrected chi connectivity index (χ2v) is 9.41. The molecule has 4 aliphatic rings. The monoisotopic (exact) mass is 331 g/mol. The smallest absolute Gasteiger partial charge is 0.185 e. The number of aromatic nitrogens is 1. The SMILES string of the molecule is C1CCC(CCN2CCc3sc(N4CC5CC5C4)nc3C2)CC1. The summed E-state index contributed by atoms with van der Waals surface area (Å²) in [4.78, 5) is 11.8. The molecule has 0 amide bonds. The number of hydrogen-bond donors (Lipinski definition) is 0. The largest absolute Gasteiger partial charge is 0.348 e. The molecule has 23 heavy (non-hydrogen) atoms. The Morgan fingerprint density at radius 2 is 1.91 bits per heavy atom. The summed E-state index contributed by atoms with van der Waals surface area (Å²) in [7, 11) is 0. The predicted molar refractivity (Wildman–Crippen MR) is 96.1 cm³/mol. The molecule has 0 N–H and O–H groups in total. The van der Waals surface area contributed by atoms with Crippen LogP contribution in [0.25, 0.3) is 0 Å². The van der Waals surface area contributed by atoms with E-state index in [1.54, 1.807) is 4.88 Å². The lowest BCUT2D eigenvalue weighted by atomic mass is 9.87. The molecule has 0 radical (unpaired) electrons. The molecule has 3 heterocycles. The minimum Gasteiger partial charge on any atom is -0.348 e. The number of nitrogens with zero attached hydrogens (tertiary/aromatic N) is 3. The van der Waals surface area contributed by atoms with Gasteiger partial charge in [-0.3, -0.25) is 4.90 Å². The van der Waals surface area contributed by atoms with Gasteiger partial charge in [0.25, 0.3) is 0 Å². The highest BCUT2D eigenvalue weighted by molar-refractivity contribution is 7.15. The fourth-order valence-corrected chi connectivity index (χ4v) is 6.04. The van der Waals surface area contributed by atoms with Crippen LogP contribution in [0.5, 0.6) is 0 Å². The van der Waals surface area contributed by atoms with Crippen LogP contribution in [0.4, 0.5) is 5.13 Å². The van der Waals surface area contributed by atoms with E-state index in [1.165, 1.54) is 88.4 Å². The van der Waals surface area contributed by atoms with Crippen molar-refractivity contribution in [2.24, 2.45) is 17.8 Å². The highest BCUT2D eigenvalue weighted by Gasteiger charge is 2.46. The standard InChI is InChI=1S/C19H29N3S/c1-2-4-14(5-3-1)6-8-21-9-7-18-17(13-21)20-19(23-18)22-11-15-10-16(15)12-22/h14-16H,1-13H2. The van der Waals surface area contributed by atoms with E-state index in [1.807, 2.05) is 11.3 Å². The lowest BCUT2D eigenvalue weighted by Crippen LogP contribution is -2.32. The van der Waals surface area contributed by atoms with Gasteiger partial charge in [-0.1, -0.05) is 32.1 Å². The zero-order chi connectivity index (χ0) is 15.2. The molecule has 2 aliphatic heterocycles. The summed E-state index contributed by atoms with van der Waals surface area (Å²) in [6.45, 7) is 6.22. The molecular formula is C19H29N3S. The van der Waals surface area contributed by atoms with E-state index in [9.17, 15) is 0 Å². The number of rotatable bonds is 4. The molecule has 0 spiro atoms. The summed E-state index contributed by atoms with van der Waals surface area (Å²) < 4.78 is 0. The number of hydrogen-bond acceptors (Lipinski definition) is 4. The van der Waals surface area contributed by atoms with Gasteiger partial charge in [0.05, 0.1) is 5.69 Å². The zero-order valence-electron chi connectivity index (χ0n) is 14.2. The first kappa shape index (κ1) is 14.7. The molecule has 3 fully saturated rings. The normalized spacial score (nSPS) is 31.2. The van der Waals surface area contributed by atoms with Crippen LogP contribution in [0.15, 0.2) is 0 Å². The van der Waals surface area contributed by atoms with Gasteiger partial charge in [0.15, 0.2) is 5.13 Å². The summed E-state index contributed by atoms with van der Waals surface area (Å²) in [5.41, 5.74) is 1.40. The van der Waals surface area contributed by atoms with Crippen molar-refractivity contribution < 1.29 is 0 Å². The molecule has 4 heteroatoms. The summed E-state index contributed by atoms with van der Waals surface area (Å²) in [6, 6.07) is 0. The van der Waals surface area contributed by atoms with Crippen LogP contribution < -0.4 is 4.90 Å². The minimum atomic E-state index is 1.00. The quantitative estimate of drug-likeness (QED) is 0.833. The molecule has 2 saturated carbocycles. The van der Waals surface area contributed by atoms with Gasteiger partial charge in [0, 0.05) is 31.1 Å². The molecule has 126 valence electrons. The summed E-state index contributed by atoms with van der Waals surface area (Å²) in [6.07, 6.45) is 11.5. The Morgan fingerprint density at radius 1 is 1.09 bits per heavy atom. The summed E-state index contributed by atoms with van der Waals surface area (Å²) in [5, 5.41) is 1.33. The van der Waals surface area contributed by atoms with Gasteiger partial charge in [-0.05, 0) is 43.6 Å². The first-order valence-electron chi connectivity index (χ1n) is 9.81. The average molecular weight is 332 g/mol. The van der Waals surface area contributed by atoms with E-state index in [0.29, 0.717) is 0 Å². The second-order valence-electron chi connectivity index (χ2n) is 8.35. The van der Waals surface area contributed by atoms with Crippen LogP contribution in [0.2, 0.25) is 0 Å². The van der Waals surface area contributed by atoms with Crippen molar-refractivity contribution in [3.05, 3.63) is 10.6 Å². The first-order valence-corrected chi connectivity index (χ1v) is 10.6. The van der Waals surface area contributed by atoms with Crippen LogP contribution in [-0.2, 0) is 13.0 Å². The van der Waals surface area contributed by atoms with Gasteiger partial charge in [-0.15, -0.1) is 11.3 Å². The third-order valence-corrected chi connectivity index (χ3v) is 7.84. The van der Waals surface area contributed by atoms with Gasteiger partial charge >= 0.3 is 0 Å². The Kier molecular flexibility index (Phi) is 3.86. The lowest BCUT2D eigenvalue weighted by molar-refractivity contribution is 0.216. The lowest BCUT2D eigenvalue weighted by Gasteiger charge is -2.29. The molecule has 0 bridgehead atoms. The molecule has 1 saturated heterocycles. The topological polar surface area (TPSA) is 19.4 Å². The molecular weight excluding hydrogens is 302 g/mol. The Labute approximate surface area is 144 Å². The van der Waals surface area contributed by atoms with Gasteiger partial charge in [0.2, 0.25) is 0 Å². The molecule has 2 unspecified atom stereocenters. The van der Waals surface area contributed by atoms with E-state index in [0.717, 1.165) is 24.3 Å². The fourth-order valence-electron chi connectivity index (χ4n) is 4.96. The van der Waals surface area contributed by atoms with Gasteiger partial charge in [0.1, 0.15) is 0 Å². The number of piperidine rings is 1. The molecule has 1 aromatic heterocycles. The maximum absolute atomic E-state index is 5.04. The molecule has 3 nitrogen and oxygen atoms in total. The summed E-state index contributed by atoms with van der Waals surface area (Å²) in [5.74, 6) is 3.01. The number of anilines is 1. The van der Waals surface area contributed by atoms with Crippen LogP contribution >= 0.6 is 11.3 Å². The Morgan fingerprint density at radius 3 is 2.74 bits per heavy atom. The van der Waals surface area contributed by atoms with Crippen molar-refractivity contribution in [2.75, 3.05) is 31.1 Å². The van der Waals surface area contributed by atoms with E-state index >= 15 is 0 Å². The third kappa shape index (κ3) is 3.05.